The smallest absolute Gasteiger partial charge is 0.106 e. The van der Waals surface area contributed by atoms with Gasteiger partial charge in [-0.15, -0.1) is 0 Å². The molecule has 0 heterocycles. The quantitative estimate of drug-likeness (QED) is 0.333. The largest absolute Gasteiger partial charge is 0.392 e. The van der Waals surface area contributed by atoms with E-state index in [4.69, 9.17) is 0 Å². The number of aliphatic hydroxyl groups excluding tert-OH is 4. The van der Waals surface area contributed by atoms with Crippen molar-refractivity contribution < 1.29 is 30.6 Å². The Hall–Kier alpha value is -0.500. The van der Waals surface area contributed by atoms with Gasteiger partial charge in [-0.05, 0) is 39.0 Å². The molecular formula is C20H32O6. The summed E-state index contributed by atoms with van der Waals surface area (Å²) >= 11 is 0. The molecule has 0 radical (unpaired) electrons. The third-order valence-electron chi connectivity index (χ3n) is 8.73. The number of aliphatic hydroxyl groups is 6. The highest BCUT2D eigenvalue weighted by molar-refractivity contribution is 5.34. The molecule has 6 N–H and O–H groups in total. The third-order valence-corrected chi connectivity index (χ3v) is 8.73. The molecule has 148 valence electrons. The van der Waals surface area contributed by atoms with Gasteiger partial charge in [-0.25, -0.2) is 0 Å². The van der Waals surface area contributed by atoms with E-state index in [1.165, 1.54) is 0 Å². The summed E-state index contributed by atoms with van der Waals surface area (Å²) in [7, 11) is 0. The van der Waals surface area contributed by atoms with E-state index in [0.717, 1.165) is 12.0 Å². The first-order chi connectivity index (χ1) is 11.8. The van der Waals surface area contributed by atoms with Crippen LogP contribution in [-0.4, -0.2) is 66.3 Å². The lowest BCUT2D eigenvalue weighted by atomic mass is 9.57. The second kappa shape index (κ2) is 5.10. The van der Waals surface area contributed by atoms with Crippen LogP contribution >= 0.6 is 0 Å². The van der Waals surface area contributed by atoms with Crippen molar-refractivity contribution in [3.05, 3.63) is 11.6 Å². The summed E-state index contributed by atoms with van der Waals surface area (Å²) in [4.78, 5) is 0. The van der Waals surface area contributed by atoms with E-state index >= 15 is 0 Å². The van der Waals surface area contributed by atoms with Crippen molar-refractivity contribution in [2.75, 3.05) is 0 Å². The standard InChI is InChI=1S/C20H32O6/c1-9-7-19-8-12(21)20(26)14(13(22)16(24)17(20,2)3)18(4,25)11(19)6-5-10(9)15(19)23/h7,10-16,21-26H,5-6,8H2,1-4H3. The molecule has 6 heteroatoms. The summed E-state index contributed by atoms with van der Waals surface area (Å²) in [6.45, 7) is 6.78. The van der Waals surface area contributed by atoms with Crippen molar-refractivity contribution in [1.29, 1.82) is 0 Å². The molecule has 0 aromatic rings. The minimum absolute atomic E-state index is 0.00496. The molecule has 10 atom stereocenters. The predicted molar refractivity (Wildman–Crippen MR) is 93.9 cm³/mol. The first-order valence-electron chi connectivity index (χ1n) is 9.70. The molecule has 0 aromatic carbocycles. The van der Waals surface area contributed by atoms with Crippen molar-refractivity contribution >= 4 is 0 Å². The van der Waals surface area contributed by atoms with E-state index in [9.17, 15) is 30.6 Å². The van der Waals surface area contributed by atoms with Gasteiger partial charge in [0.15, 0.2) is 0 Å². The minimum atomic E-state index is -1.87. The molecule has 4 aliphatic carbocycles. The Bertz CT molecular complexity index is 657. The number of hydrogen-bond acceptors (Lipinski definition) is 6. The molecule has 3 fully saturated rings. The van der Waals surface area contributed by atoms with Crippen LogP contribution in [0.2, 0.25) is 0 Å². The molecule has 26 heavy (non-hydrogen) atoms. The van der Waals surface area contributed by atoms with Crippen LogP contribution in [0, 0.1) is 28.6 Å². The molecule has 0 amide bonds. The molecule has 10 unspecified atom stereocenters. The van der Waals surface area contributed by atoms with Crippen LogP contribution in [0.1, 0.15) is 47.0 Å². The third kappa shape index (κ3) is 1.79. The fraction of sp³-hybridized carbons (Fsp3) is 0.900. The maximum Gasteiger partial charge on any atom is 0.106 e. The zero-order valence-electron chi connectivity index (χ0n) is 15.9. The van der Waals surface area contributed by atoms with Crippen LogP contribution in [0.3, 0.4) is 0 Å². The lowest BCUT2D eigenvalue weighted by Crippen LogP contribution is -2.62. The van der Waals surface area contributed by atoms with Gasteiger partial charge in [0.25, 0.3) is 0 Å². The highest BCUT2D eigenvalue weighted by Gasteiger charge is 2.76. The highest BCUT2D eigenvalue weighted by Crippen LogP contribution is 2.67. The Balaban J connectivity index is 1.94. The Morgan fingerprint density at radius 2 is 1.58 bits per heavy atom. The van der Waals surface area contributed by atoms with Gasteiger partial charge < -0.3 is 30.6 Å². The maximum atomic E-state index is 11.7. The van der Waals surface area contributed by atoms with Crippen LogP contribution in [0.25, 0.3) is 0 Å². The predicted octanol–water partition coefficient (Wildman–Crippen LogP) is -0.0557. The van der Waals surface area contributed by atoms with Crippen molar-refractivity contribution in [3.8, 4) is 0 Å². The van der Waals surface area contributed by atoms with Gasteiger partial charge in [0.2, 0.25) is 0 Å². The fourth-order valence-electron chi connectivity index (χ4n) is 7.35. The lowest BCUT2D eigenvalue weighted by molar-refractivity contribution is -0.208. The monoisotopic (exact) mass is 368 g/mol. The van der Waals surface area contributed by atoms with Gasteiger partial charge in [-0.2, -0.15) is 0 Å². The van der Waals surface area contributed by atoms with Gasteiger partial charge in [0.1, 0.15) is 5.60 Å². The van der Waals surface area contributed by atoms with Crippen LogP contribution in [0.4, 0.5) is 0 Å². The molecule has 3 saturated carbocycles. The zero-order chi connectivity index (χ0) is 19.4. The van der Waals surface area contributed by atoms with Crippen molar-refractivity contribution in [1.82, 2.24) is 0 Å². The van der Waals surface area contributed by atoms with Gasteiger partial charge in [-0.1, -0.05) is 25.5 Å². The van der Waals surface area contributed by atoms with Gasteiger partial charge in [0.05, 0.1) is 30.0 Å². The summed E-state index contributed by atoms with van der Waals surface area (Å²) < 4.78 is 0. The summed E-state index contributed by atoms with van der Waals surface area (Å²) in [5.74, 6) is -1.54. The SMILES string of the molecule is CC1=CC23CC(O)C4(O)C(C(O)C(O)C4(C)C)C(C)(O)C2CCC1C3O. The summed E-state index contributed by atoms with van der Waals surface area (Å²) in [5.41, 5.74) is -4.43. The molecular weight excluding hydrogens is 336 g/mol. The highest BCUT2D eigenvalue weighted by atomic mass is 16.4. The second-order valence-electron chi connectivity index (χ2n) is 10.1. The van der Waals surface area contributed by atoms with E-state index in [0.29, 0.717) is 6.42 Å². The Morgan fingerprint density at radius 3 is 2.19 bits per heavy atom. The summed E-state index contributed by atoms with van der Waals surface area (Å²) in [6.07, 6.45) is -1.22. The Morgan fingerprint density at radius 1 is 0.962 bits per heavy atom. The van der Waals surface area contributed by atoms with E-state index in [1.54, 1.807) is 20.8 Å². The Kier molecular flexibility index (Phi) is 3.70. The molecule has 2 bridgehead atoms. The number of fused-ring (bicyclic) bond motifs is 2. The second-order valence-corrected chi connectivity index (χ2v) is 10.1. The maximum absolute atomic E-state index is 11.7. The van der Waals surface area contributed by atoms with Gasteiger partial charge >= 0.3 is 0 Å². The van der Waals surface area contributed by atoms with Gasteiger partial charge in [0, 0.05) is 22.7 Å². The van der Waals surface area contributed by atoms with Crippen LogP contribution in [0.15, 0.2) is 11.6 Å². The number of hydrogen-bond donors (Lipinski definition) is 6. The minimum Gasteiger partial charge on any atom is -0.392 e. The van der Waals surface area contributed by atoms with E-state index in [2.05, 4.69) is 0 Å². The molecule has 4 aliphatic rings. The van der Waals surface area contributed by atoms with Crippen LogP contribution < -0.4 is 0 Å². The van der Waals surface area contributed by atoms with Crippen molar-refractivity contribution in [2.45, 2.75) is 82.6 Å². The molecule has 0 aromatic heterocycles. The average molecular weight is 368 g/mol. The van der Waals surface area contributed by atoms with Crippen LogP contribution in [-0.2, 0) is 0 Å². The Labute approximate surface area is 154 Å². The first kappa shape index (κ1) is 18.8. The fourth-order valence-corrected chi connectivity index (χ4v) is 7.35. The first-order valence-corrected chi connectivity index (χ1v) is 9.70. The van der Waals surface area contributed by atoms with Gasteiger partial charge in [-0.3, -0.25) is 0 Å². The van der Waals surface area contributed by atoms with Crippen LogP contribution in [0.5, 0.6) is 0 Å². The number of rotatable bonds is 0. The molecule has 0 aliphatic heterocycles. The van der Waals surface area contributed by atoms with Crippen molar-refractivity contribution in [3.63, 3.8) is 0 Å². The zero-order valence-corrected chi connectivity index (χ0v) is 15.9. The average Bonchev–Trinajstić information content (AvgIpc) is 2.73. The molecule has 1 spiro atoms. The van der Waals surface area contributed by atoms with E-state index < -0.39 is 58.3 Å². The molecule has 0 saturated heterocycles. The molecule has 6 nitrogen and oxygen atoms in total. The van der Waals surface area contributed by atoms with Crippen molar-refractivity contribution in [2.24, 2.45) is 28.6 Å². The normalized spacial score (nSPS) is 60.8. The summed E-state index contributed by atoms with van der Waals surface area (Å²) in [6, 6.07) is 0. The molecule has 4 rings (SSSR count). The van der Waals surface area contributed by atoms with E-state index in [-0.39, 0.29) is 12.3 Å². The lowest BCUT2D eigenvalue weighted by Gasteiger charge is -2.51. The summed E-state index contributed by atoms with van der Waals surface area (Å²) in [5, 5.41) is 66.9. The van der Waals surface area contributed by atoms with E-state index in [1.807, 2.05) is 13.0 Å². The topological polar surface area (TPSA) is 121 Å².